The summed E-state index contributed by atoms with van der Waals surface area (Å²) in [6.07, 6.45) is 3.62. The van der Waals surface area contributed by atoms with E-state index >= 15 is 0 Å². The number of benzene rings is 1. The topological polar surface area (TPSA) is 63.1 Å². The van der Waals surface area contributed by atoms with E-state index in [0.29, 0.717) is 5.16 Å². The number of thiophene rings is 1. The maximum atomic E-state index is 13.6. The number of rotatable bonds is 8. The van der Waals surface area contributed by atoms with Crippen LogP contribution in [-0.4, -0.2) is 44.4 Å². The predicted molar refractivity (Wildman–Crippen MR) is 127 cm³/mol. The molecule has 1 aliphatic heterocycles. The van der Waals surface area contributed by atoms with E-state index in [-0.39, 0.29) is 29.6 Å². The Morgan fingerprint density at radius 3 is 2.59 bits per heavy atom. The van der Waals surface area contributed by atoms with Gasteiger partial charge in [-0.2, -0.15) is 0 Å². The molecule has 6 nitrogen and oxygen atoms in total. The molecule has 0 radical (unpaired) electrons. The molecule has 0 spiro atoms. The highest BCUT2D eigenvalue weighted by Gasteiger charge is 2.26. The van der Waals surface area contributed by atoms with Crippen LogP contribution in [0, 0.1) is 5.82 Å². The third-order valence-electron chi connectivity index (χ3n) is 5.74. The van der Waals surface area contributed by atoms with Gasteiger partial charge in [0.15, 0.2) is 11.0 Å². The van der Waals surface area contributed by atoms with Gasteiger partial charge >= 0.3 is 0 Å². The minimum absolute atomic E-state index is 0.0345. The molecule has 9 heteroatoms. The van der Waals surface area contributed by atoms with Crippen molar-refractivity contribution in [1.29, 1.82) is 0 Å². The highest BCUT2D eigenvalue weighted by molar-refractivity contribution is 7.99. The van der Waals surface area contributed by atoms with Crippen LogP contribution in [0.3, 0.4) is 0 Å². The lowest BCUT2D eigenvalue weighted by atomic mass is 10.1. The molecule has 1 aliphatic rings. The summed E-state index contributed by atoms with van der Waals surface area (Å²) in [4.78, 5) is 16.1. The van der Waals surface area contributed by atoms with Gasteiger partial charge in [0.1, 0.15) is 5.82 Å². The van der Waals surface area contributed by atoms with E-state index in [1.165, 1.54) is 43.2 Å². The van der Waals surface area contributed by atoms with Crippen molar-refractivity contribution in [2.45, 2.75) is 50.4 Å². The lowest BCUT2D eigenvalue weighted by Gasteiger charge is -2.31. The molecule has 0 unspecified atom stereocenters. The maximum Gasteiger partial charge on any atom is 0.230 e. The van der Waals surface area contributed by atoms with Gasteiger partial charge in [-0.3, -0.25) is 14.3 Å². The summed E-state index contributed by atoms with van der Waals surface area (Å²) in [5.74, 6) is 0.694. The Labute approximate surface area is 196 Å². The van der Waals surface area contributed by atoms with Gasteiger partial charge in [-0.15, -0.1) is 21.5 Å². The SMILES string of the molecule is C[C@@H](NC(=O)CSc1nnc([C@H](C)N2CCCCC2)n1-c1ccc(F)cc1)c1cccs1. The smallest absolute Gasteiger partial charge is 0.230 e. The lowest BCUT2D eigenvalue weighted by molar-refractivity contribution is -0.119. The number of piperidine rings is 1. The number of nitrogens with zero attached hydrogens (tertiary/aromatic N) is 4. The molecular weight excluding hydrogens is 445 g/mol. The van der Waals surface area contributed by atoms with Crippen LogP contribution >= 0.6 is 23.1 Å². The Balaban J connectivity index is 1.52. The van der Waals surface area contributed by atoms with E-state index in [1.54, 1.807) is 23.5 Å². The molecule has 4 rings (SSSR count). The fraction of sp³-hybridized carbons (Fsp3) is 0.435. The molecule has 0 bridgehead atoms. The lowest BCUT2D eigenvalue weighted by Crippen LogP contribution is -2.33. The van der Waals surface area contributed by atoms with E-state index in [1.807, 2.05) is 29.0 Å². The van der Waals surface area contributed by atoms with Crippen LogP contribution < -0.4 is 5.32 Å². The fourth-order valence-corrected chi connectivity index (χ4v) is 5.47. The molecule has 0 saturated carbocycles. The molecule has 32 heavy (non-hydrogen) atoms. The minimum Gasteiger partial charge on any atom is -0.348 e. The second-order valence-corrected chi connectivity index (χ2v) is 9.94. The van der Waals surface area contributed by atoms with Gasteiger partial charge in [0, 0.05) is 10.6 Å². The Kier molecular flexibility index (Phi) is 7.59. The number of carbonyl (C=O) groups is 1. The van der Waals surface area contributed by atoms with E-state index in [0.717, 1.165) is 29.5 Å². The average Bonchev–Trinajstić information content (AvgIpc) is 3.49. The molecular formula is C23H28FN5OS2. The highest BCUT2D eigenvalue weighted by atomic mass is 32.2. The van der Waals surface area contributed by atoms with Gasteiger partial charge < -0.3 is 5.32 Å². The number of hydrogen-bond donors (Lipinski definition) is 1. The summed E-state index contributed by atoms with van der Waals surface area (Å²) in [5.41, 5.74) is 0.796. The number of carbonyl (C=O) groups excluding carboxylic acids is 1. The molecule has 0 aliphatic carbocycles. The van der Waals surface area contributed by atoms with Crippen molar-refractivity contribution in [1.82, 2.24) is 25.0 Å². The fourth-order valence-electron chi connectivity index (χ4n) is 3.97. The van der Waals surface area contributed by atoms with E-state index in [2.05, 4.69) is 27.3 Å². The van der Waals surface area contributed by atoms with Crippen molar-refractivity contribution < 1.29 is 9.18 Å². The van der Waals surface area contributed by atoms with Crippen molar-refractivity contribution in [3.05, 3.63) is 58.3 Å². The minimum atomic E-state index is -0.288. The largest absolute Gasteiger partial charge is 0.348 e. The van der Waals surface area contributed by atoms with E-state index in [4.69, 9.17) is 0 Å². The first-order valence-corrected chi connectivity index (χ1v) is 12.8. The van der Waals surface area contributed by atoms with Crippen LogP contribution in [0.1, 0.15) is 55.9 Å². The normalized spacial score (nSPS) is 16.6. The van der Waals surface area contributed by atoms with Gasteiger partial charge in [0.25, 0.3) is 0 Å². The van der Waals surface area contributed by atoms with Crippen molar-refractivity contribution in [3.63, 3.8) is 0 Å². The summed E-state index contributed by atoms with van der Waals surface area (Å²) < 4.78 is 15.5. The molecule has 1 amide bonds. The van der Waals surface area contributed by atoms with E-state index < -0.39 is 0 Å². The zero-order valence-corrected chi connectivity index (χ0v) is 20.0. The number of likely N-dealkylation sites (tertiary alicyclic amines) is 1. The molecule has 1 N–H and O–H groups in total. The second kappa shape index (κ2) is 10.6. The number of amides is 1. The number of halogens is 1. The summed E-state index contributed by atoms with van der Waals surface area (Å²) in [7, 11) is 0. The Bertz CT molecular complexity index is 1020. The van der Waals surface area contributed by atoms with Crippen LogP contribution in [0.5, 0.6) is 0 Å². The molecule has 3 aromatic rings. The first kappa shape index (κ1) is 22.9. The highest BCUT2D eigenvalue weighted by Crippen LogP contribution is 2.29. The van der Waals surface area contributed by atoms with Gasteiger partial charge in [-0.25, -0.2) is 4.39 Å². The molecule has 1 fully saturated rings. The van der Waals surface area contributed by atoms with Gasteiger partial charge in [0.2, 0.25) is 5.91 Å². The Hall–Kier alpha value is -2.23. The van der Waals surface area contributed by atoms with Crippen molar-refractivity contribution in [2.75, 3.05) is 18.8 Å². The van der Waals surface area contributed by atoms with Crippen LogP contribution in [0.25, 0.3) is 5.69 Å². The summed E-state index contributed by atoms with van der Waals surface area (Å²) in [5, 5.41) is 14.6. The maximum absolute atomic E-state index is 13.6. The third kappa shape index (κ3) is 5.39. The number of hydrogen-bond acceptors (Lipinski definition) is 6. The van der Waals surface area contributed by atoms with Gasteiger partial charge in [-0.1, -0.05) is 24.2 Å². The molecule has 3 heterocycles. The molecule has 2 atom stereocenters. The number of thioether (sulfide) groups is 1. The van der Waals surface area contributed by atoms with Crippen LogP contribution in [0.2, 0.25) is 0 Å². The van der Waals surface area contributed by atoms with Crippen LogP contribution in [0.4, 0.5) is 4.39 Å². The molecule has 170 valence electrons. The molecule has 2 aromatic heterocycles. The molecule has 1 saturated heterocycles. The Morgan fingerprint density at radius 1 is 1.16 bits per heavy atom. The summed E-state index contributed by atoms with van der Waals surface area (Å²) >= 11 is 2.97. The zero-order chi connectivity index (χ0) is 22.5. The third-order valence-corrected chi connectivity index (χ3v) is 7.72. The van der Waals surface area contributed by atoms with Gasteiger partial charge in [0.05, 0.1) is 17.8 Å². The first-order chi connectivity index (χ1) is 15.5. The van der Waals surface area contributed by atoms with Crippen molar-refractivity contribution in [2.24, 2.45) is 0 Å². The average molecular weight is 474 g/mol. The Morgan fingerprint density at radius 2 is 1.91 bits per heavy atom. The quantitative estimate of drug-likeness (QED) is 0.467. The summed E-state index contributed by atoms with van der Waals surface area (Å²) in [6, 6.07) is 10.4. The van der Waals surface area contributed by atoms with E-state index in [9.17, 15) is 9.18 Å². The first-order valence-electron chi connectivity index (χ1n) is 10.9. The number of nitrogens with one attached hydrogen (secondary N) is 1. The monoisotopic (exact) mass is 473 g/mol. The van der Waals surface area contributed by atoms with Crippen molar-refractivity contribution >= 4 is 29.0 Å². The van der Waals surface area contributed by atoms with Crippen LogP contribution in [-0.2, 0) is 4.79 Å². The van der Waals surface area contributed by atoms with Crippen LogP contribution in [0.15, 0.2) is 46.9 Å². The summed E-state index contributed by atoms with van der Waals surface area (Å²) in [6.45, 7) is 6.18. The second-order valence-electron chi connectivity index (χ2n) is 8.02. The predicted octanol–water partition coefficient (Wildman–Crippen LogP) is 4.98. The van der Waals surface area contributed by atoms with Gasteiger partial charge in [-0.05, 0) is 75.5 Å². The van der Waals surface area contributed by atoms with Crippen molar-refractivity contribution in [3.8, 4) is 5.69 Å². The molecule has 1 aromatic carbocycles. The zero-order valence-electron chi connectivity index (χ0n) is 18.3. The standard InChI is InChI=1S/C23H28FN5OS2/c1-16(20-7-6-14-31-20)25-21(30)15-32-23-27-26-22(17(2)28-12-4-3-5-13-28)29(23)19-10-8-18(24)9-11-19/h6-11,14,16-17H,3-5,12-13,15H2,1-2H3,(H,25,30)/t16-,17+/m1/s1. The number of aromatic nitrogens is 3.